The van der Waals surface area contributed by atoms with Crippen LogP contribution in [0.25, 0.3) is 11.0 Å². The van der Waals surface area contributed by atoms with Crippen LogP contribution < -0.4 is 23.8 Å². The van der Waals surface area contributed by atoms with Crippen LogP contribution in [0.5, 0.6) is 17.2 Å². The molecule has 2 aromatic carbocycles. The number of pyridine rings is 1. The molecule has 0 spiro atoms. The van der Waals surface area contributed by atoms with Crippen molar-refractivity contribution < 1.29 is 31.9 Å². The molecule has 0 saturated carbocycles. The van der Waals surface area contributed by atoms with Gasteiger partial charge in [-0.3, -0.25) is 19.2 Å². The Morgan fingerprint density at radius 3 is 2.47 bits per heavy atom. The number of anilines is 2. The van der Waals surface area contributed by atoms with E-state index in [0.717, 1.165) is 48.6 Å². The van der Waals surface area contributed by atoms with Crippen LogP contribution in [0.2, 0.25) is 0 Å². The molecular weight excluding hydrogens is 624 g/mol. The van der Waals surface area contributed by atoms with E-state index in [2.05, 4.69) is 24.9 Å². The molecule has 0 unspecified atom stereocenters. The predicted octanol–water partition coefficient (Wildman–Crippen LogP) is 4.77. The third-order valence-electron chi connectivity index (χ3n) is 8.12. The second-order valence-electron chi connectivity index (χ2n) is 11.5. The monoisotopic (exact) mass is 660 g/mol. The molecule has 0 bridgehead atoms. The lowest BCUT2D eigenvalue weighted by molar-refractivity contribution is -0.125. The lowest BCUT2D eigenvalue weighted by Crippen LogP contribution is -2.37. The standard InChI is InChI=1S/C33H36N6O7S/c1-21-13-26(14-22(2)35-21)45-20-27(40)24-9-11-38(12-10-24)25-17-34-39(19-25)18-23-15-29(44-4)32-30(16-23)46-36-33(32)37-47(41,42)31-8-6-5-7-28(31)43-3/h5-8,13-17,19,24H,9-12,18,20H2,1-4H3,(H,36,37). The van der Waals surface area contributed by atoms with Crippen molar-refractivity contribution in [1.29, 1.82) is 0 Å². The minimum atomic E-state index is -4.03. The number of benzene rings is 2. The Kier molecular flexibility index (Phi) is 9.03. The quantitative estimate of drug-likeness (QED) is 0.197. The number of Topliss-reactive ketones (excluding diaryl/α,β-unsaturated/α-hetero) is 1. The molecule has 14 heteroatoms. The Morgan fingerprint density at radius 2 is 1.74 bits per heavy atom. The van der Waals surface area contributed by atoms with E-state index in [-0.39, 0.29) is 34.8 Å². The van der Waals surface area contributed by atoms with Gasteiger partial charge in [0.05, 0.1) is 32.6 Å². The lowest BCUT2D eigenvalue weighted by Gasteiger charge is -2.31. The number of hydrogen-bond donors (Lipinski definition) is 1. The van der Waals surface area contributed by atoms with E-state index >= 15 is 0 Å². The van der Waals surface area contributed by atoms with Crippen LogP contribution in [-0.4, -0.2) is 68.0 Å². The van der Waals surface area contributed by atoms with Crippen LogP contribution in [-0.2, 0) is 21.4 Å². The van der Waals surface area contributed by atoms with Gasteiger partial charge in [-0.05, 0) is 56.5 Å². The fourth-order valence-corrected chi connectivity index (χ4v) is 7.01. The summed E-state index contributed by atoms with van der Waals surface area (Å²) in [5.41, 5.74) is 3.87. The number of nitrogens with zero attached hydrogens (tertiary/aromatic N) is 5. The molecule has 0 radical (unpaired) electrons. The minimum absolute atomic E-state index is 0.00619. The van der Waals surface area contributed by atoms with Gasteiger partial charge in [0, 0.05) is 48.7 Å². The molecule has 0 amide bonds. The molecule has 4 heterocycles. The number of methoxy groups -OCH3 is 2. The molecule has 6 rings (SSSR count). The maximum atomic E-state index is 13.2. The molecule has 1 aliphatic rings. The molecule has 1 N–H and O–H groups in total. The summed E-state index contributed by atoms with van der Waals surface area (Å²) < 4.78 is 52.8. The van der Waals surface area contributed by atoms with Gasteiger partial charge in [0.1, 0.15) is 34.1 Å². The fraction of sp³-hybridized carbons (Fsp3) is 0.333. The maximum absolute atomic E-state index is 13.2. The van der Waals surface area contributed by atoms with Crippen molar-refractivity contribution >= 4 is 38.3 Å². The molecule has 3 aromatic heterocycles. The Balaban J connectivity index is 1.09. The Bertz CT molecular complexity index is 1990. The summed E-state index contributed by atoms with van der Waals surface area (Å²) in [6.07, 6.45) is 5.26. The summed E-state index contributed by atoms with van der Waals surface area (Å²) in [7, 11) is -1.13. The number of aromatic nitrogens is 4. The Morgan fingerprint density at radius 1 is 1.02 bits per heavy atom. The van der Waals surface area contributed by atoms with Gasteiger partial charge in [-0.1, -0.05) is 17.3 Å². The van der Waals surface area contributed by atoms with Gasteiger partial charge in [-0.15, -0.1) is 0 Å². The zero-order valence-corrected chi connectivity index (χ0v) is 27.4. The summed E-state index contributed by atoms with van der Waals surface area (Å²) >= 11 is 0. The third-order valence-corrected chi connectivity index (χ3v) is 9.50. The van der Waals surface area contributed by atoms with E-state index in [1.54, 1.807) is 35.0 Å². The number of ether oxygens (including phenoxy) is 3. The van der Waals surface area contributed by atoms with Gasteiger partial charge in [-0.2, -0.15) is 5.10 Å². The highest BCUT2D eigenvalue weighted by Gasteiger charge is 2.27. The largest absolute Gasteiger partial charge is 0.496 e. The second-order valence-corrected chi connectivity index (χ2v) is 13.1. The van der Waals surface area contributed by atoms with Gasteiger partial charge in [0.25, 0.3) is 10.0 Å². The smallest absolute Gasteiger partial charge is 0.266 e. The molecule has 1 aliphatic heterocycles. The first kappa shape index (κ1) is 31.9. The summed E-state index contributed by atoms with van der Waals surface area (Å²) in [6, 6.07) is 13.6. The molecular formula is C33H36N6O7S. The second kappa shape index (κ2) is 13.3. The lowest BCUT2D eigenvalue weighted by atomic mass is 9.92. The van der Waals surface area contributed by atoms with Crippen molar-refractivity contribution in [3.8, 4) is 17.2 Å². The summed E-state index contributed by atoms with van der Waals surface area (Å²) in [5, 5.41) is 8.93. The van der Waals surface area contributed by atoms with Crippen LogP contribution in [0.1, 0.15) is 29.8 Å². The normalized spacial score (nSPS) is 13.9. The average molecular weight is 661 g/mol. The number of fused-ring (bicyclic) bond motifs is 1. The first-order valence-corrected chi connectivity index (χ1v) is 16.6. The van der Waals surface area contributed by atoms with Crippen LogP contribution >= 0.6 is 0 Å². The van der Waals surface area contributed by atoms with Gasteiger partial charge in [0.15, 0.2) is 17.2 Å². The predicted molar refractivity (Wildman–Crippen MR) is 175 cm³/mol. The van der Waals surface area contributed by atoms with Crippen LogP contribution in [0.3, 0.4) is 0 Å². The highest BCUT2D eigenvalue weighted by atomic mass is 32.2. The Hall–Kier alpha value is -5.11. The molecule has 47 heavy (non-hydrogen) atoms. The number of rotatable bonds is 12. The van der Waals surface area contributed by atoms with Crippen molar-refractivity contribution in [1.82, 2.24) is 19.9 Å². The molecule has 1 fully saturated rings. The number of nitrogens with one attached hydrogen (secondary N) is 1. The zero-order valence-electron chi connectivity index (χ0n) is 26.6. The fourth-order valence-electron chi connectivity index (χ4n) is 5.84. The van der Waals surface area contributed by atoms with Crippen molar-refractivity contribution in [2.45, 2.75) is 38.1 Å². The van der Waals surface area contributed by atoms with Crippen molar-refractivity contribution in [3.63, 3.8) is 0 Å². The van der Waals surface area contributed by atoms with Crippen LogP contribution in [0.4, 0.5) is 11.5 Å². The number of carbonyl (C=O) groups is 1. The van der Waals surface area contributed by atoms with Gasteiger partial charge in [-0.25, -0.2) is 8.42 Å². The molecule has 13 nitrogen and oxygen atoms in total. The van der Waals surface area contributed by atoms with Crippen LogP contribution in [0.15, 0.2) is 70.3 Å². The van der Waals surface area contributed by atoms with E-state index in [1.807, 2.05) is 38.4 Å². The first-order chi connectivity index (χ1) is 22.6. The van der Waals surface area contributed by atoms with E-state index < -0.39 is 10.0 Å². The molecule has 5 aromatic rings. The van der Waals surface area contributed by atoms with E-state index in [4.69, 9.17) is 18.7 Å². The third kappa shape index (κ3) is 7.02. The number of para-hydroxylation sites is 1. The number of sulfonamides is 1. The average Bonchev–Trinajstić information content (AvgIpc) is 3.69. The summed E-state index contributed by atoms with van der Waals surface area (Å²) in [4.78, 5) is 19.4. The first-order valence-electron chi connectivity index (χ1n) is 15.1. The van der Waals surface area contributed by atoms with Crippen LogP contribution in [0, 0.1) is 19.8 Å². The van der Waals surface area contributed by atoms with Crippen molar-refractivity contribution in [2.75, 3.05) is 43.5 Å². The maximum Gasteiger partial charge on any atom is 0.266 e. The summed E-state index contributed by atoms with van der Waals surface area (Å²) in [5.74, 6) is 1.34. The summed E-state index contributed by atoms with van der Waals surface area (Å²) in [6.45, 7) is 5.75. The minimum Gasteiger partial charge on any atom is -0.496 e. The molecule has 246 valence electrons. The van der Waals surface area contributed by atoms with E-state index in [9.17, 15) is 13.2 Å². The van der Waals surface area contributed by atoms with E-state index in [1.165, 1.54) is 20.3 Å². The highest BCUT2D eigenvalue weighted by Crippen LogP contribution is 2.36. The van der Waals surface area contributed by atoms with Gasteiger partial charge in [0.2, 0.25) is 0 Å². The molecule has 0 atom stereocenters. The number of hydrogen-bond acceptors (Lipinski definition) is 11. The SMILES string of the molecule is COc1ccccc1S(=O)(=O)Nc1noc2cc(Cn3cc(N4CCC(C(=O)COc5cc(C)nc(C)c5)CC4)cn3)cc(OC)c12. The number of piperidine rings is 1. The highest BCUT2D eigenvalue weighted by molar-refractivity contribution is 7.92. The van der Waals surface area contributed by atoms with Gasteiger partial charge < -0.3 is 23.6 Å². The van der Waals surface area contributed by atoms with Crippen molar-refractivity contribution in [2.24, 2.45) is 5.92 Å². The van der Waals surface area contributed by atoms with E-state index in [0.29, 0.717) is 29.0 Å². The zero-order chi connectivity index (χ0) is 33.1. The number of ketones is 1. The molecule has 0 aliphatic carbocycles. The Labute approximate surface area is 272 Å². The number of aryl methyl sites for hydroxylation is 2. The molecule has 1 saturated heterocycles. The number of carbonyl (C=O) groups excluding carboxylic acids is 1. The van der Waals surface area contributed by atoms with Crippen molar-refractivity contribution in [3.05, 3.63) is 77.9 Å². The topological polar surface area (TPSA) is 151 Å². The van der Waals surface area contributed by atoms with Gasteiger partial charge >= 0.3 is 0 Å².